The van der Waals surface area contributed by atoms with Crippen molar-refractivity contribution in [3.05, 3.63) is 0 Å². The molecule has 0 saturated heterocycles. The highest BCUT2D eigenvalue weighted by Gasteiger charge is 2.24. The van der Waals surface area contributed by atoms with E-state index in [-0.39, 0.29) is 12.5 Å². The second-order valence-corrected chi connectivity index (χ2v) is 6.47. The molecule has 0 aromatic carbocycles. The highest BCUT2D eigenvalue weighted by Crippen LogP contribution is 2.23. The molecule has 0 bridgehead atoms. The number of hydrogen-bond acceptors (Lipinski definition) is 2. The van der Waals surface area contributed by atoms with Gasteiger partial charge in [0.05, 0.1) is 6.61 Å². The van der Waals surface area contributed by atoms with E-state index in [9.17, 15) is 9.90 Å². The molecule has 0 radical (unpaired) electrons. The van der Waals surface area contributed by atoms with Gasteiger partial charge in [0.1, 0.15) is 0 Å². The SMILES string of the molecule is CCCCCCCCCC(=O)N(CCO)C1CCCCC1. The molecule has 3 nitrogen and oxygen atoms in total. The average Bonchev–Trinajstić information content (AvgIpc) is 2.52. The highest BCUT2D eigenvalue weighted by molar-refractivity contribution is 5.76. The summed E-state index contributed by atoms with van der Waals surface area (Å²) in [4.78, 5) is 14.4. The Bertz CT molecular complexity index is 262. The number of carbonyl (C=O) groups excluding carboxylic acids is 1. The van der Waals surface area contributed by atoms with Gasteiger partial charge in [0, 0.05) is 19.0 Å². The van der Waals surface area contributed by atoms with Crippen molar-refractivity contribution in [3.63, 3.8) is 0 Å². The number of rotatable bonds is 11. The molecule has 0 aromatic heterocycles. The first-order valence-corrected chi connectivity index (χ1v) is 9.20. The summed E-state index contributed by atoms with van der Waals surface area (Å²) >= 11 is 0. The third-order valence-corrected chi connectivity index (χ3v) is 4.67. The van der Waals surface area contributed by atoms with Crippen LogP contribution in [0.4, 0.5) is 0 Å². The molecule has 1 aliphatic carbocycles. The van der Waals surface area contributed by atoms with Gasteiger partial charge in [0.2, 0.25) is 5.91 Å². The maximum absolute atomic E-state index is 12.4. The summed E-state index contributed by atoms with van der Waals surface area (Å²) < 4.78 is 0. The van der Waals surface area contributed by atoms with E-state index in [1.807, 2.05) is 4.90 Å². The predicted molar refractivity (Wildman–Crippen MR) is 88.3 cm³/mol. The largest absolute Gasteiger partial charge is 0.395 e. The van der Waals surface area contributed by atoms with E-state index in [1.165, 1.54) is 57.8 Å². The zero-order valence-electron chi connectivity index (χ0n) is 14.0. The zero-order valence-corrected chi connectivity index (χ0v) is 14.0. The van der Waals surface area contributed by atoms with Crippen LogP contribution >= 0.6 is 0 Å². The Hall–Kier alpha value is -0.570. The Morgan fingerprint density at radius 1 is 1.00 bits per heavy atom. The van der Waals surface area contributed by atoms with Crippen molar-refractivity contribution in [1.29, 1.82) is 0 Å². The molecule has 1 fully saturated rings. The van der Waals surface area contributed by atoms with E-state index in [1.54, 1.807) is 0 Å². The van der Waals surface area contributed by atoms with Crippen LogP contribution < -0.4 is 0 Å². The van der Waals surface area contributed by atoms with E-state index in [0.717, 1.165) is 19.3 Å². The summed E-state index contributed by atoms with van der Waals surface area (Å²) in [7, 11) is 0. The number of hydrogen-bond donors (Lipinski definition) is 1. The maximum atomic E-state index is 12.4. The smallest absolute Gasteiger partial charge is 0.222 e. The standard InChI is InChI=1S/C18H35NO2/c1-2-3-4-5-6-7-11-14-18(21)19(15-16-20)17-12-9-8-10-13-17/h17,20H,2-16H2,1H3. The third kappa shape index (κ3) is 7.85. The fourth-order valence-corrected chi connectivity index (χ4v) is 3.39. The molecule has 1 amide bonds. The quantitative estimate of drug-likeness (QED) is 0.578. The first-order chi connectivity index (χ1) is 10.3. The van der Waals surface area contributed by atoms with E-state index < -0.39 is 0 Å². The van der Waals surface area contributed by atoms with E-state index in [0.29, 0.717) is 19.0 Å². The molecule has 124 valence electrons. The van der Waals surface area contributed by atoms with Crippen molar-refractivity contribution < 1.29 is 9.90 Å². The lowest BCUT2D eigenvalue weighted by Crippen LogP contribution is -2.43. The highest BCUT2D eigenvalue weighted by atomic mass is 16.3. The van der Waals surface area contributed by atoms with Crippen LogP contribution in [0, 0.1) is 0 Å². The molecular formula is C18H35NO2. The van der Waals surface area contributed by atoms with Gasteiger partial charge >= 0.3 is 0 Å². The van der Waals surface area contributed by atoms with Gasteiger partial charge in [-0.1, -0.05) is 64.7 Å². The second-order valence-electron chi connectivity index (χ2n) is 6.47. The molecule has 0 atom stereocenters. The van der Waals surface area contributed by atoms with Crippen molar-refractivity contribution >= 4 is 5.91 Å². The van der Waals surface area contributed by atoms with Crippen molar-refractivity contribution in [2.45, 2.75) is 96.4 Å². The van der Waals surface area contributed by atoms with Gasteiger partial charge in [-0.2, -0.15) is 0 Å². The first-order valence-electron chi connectivity index (χ1n) is 9.20. The Labute approximate surface area is 131 Å². The summed E-state index contributed by atoms with van der Waals surface area (Å²) in [6, 6.07) is 0.392. The van der Waals surface area contributed by atoms with Gasteiger partial charge in [-0.25, -0.2) is 0 Å². The Morgan fingerprint density at radius 3 is 2.24 bits per heavy atom. The van der Waals surface area contributed by atoms with Crippen molar-refractivity contribution in [2.24, 2.45) is 0 Å². The maximum Gasteiger partial charge on any atom is 0.222 e. The zero-order chi connectivity index (χ0) is 15.3. The summed E-state index contributed by atoms with van der Waals surface area (Å²) in [6.45, 7) is 2.86. The number of amides is 1. The van der Waals surface area contributed by atoms with Gasteiger partial charge in [-0.15, -0.1) is 0 Å². The van der Waals surface area contributed by atoms with Gasteiger partial charge in [-0.05, 0) is 19.3 Å². The first kappa shape index (κ1) is 18.5. The lowest BCUT2D eigenvalue weighted by Gasteiger charge is -2.34. The van der Waals surface area contributed by atoms with Gasteiger partial charge < -0.3 is 10.0 Å². The molecule has 0 spiro atoms. The molecular weight excluding hydrogens is 262 g/mol. The normalized spacial score (nSPS) is 16.1. The monoisotopic (exact) mass is 297 g/mol. The third-order valence-electron chi connectivity index (χ3n) is 4.67. The summed E-state index contributed by atoms with van der Waals surface area (Å²) in [5.41, 5.74) is 0. The Morgan fingerprint density at radius 2 is 1.62 bits per heavy atom. The van der Waals surface area contributed by atoms with Crippen molar-refractivity contribution in [2.75, 3.05) is 13.2 Å². The van der Waals surface area contributed by atoms with Crippen LogP contribution in [0.1, 0.15) is 90.4 Å². The molecule has 1 saturated carbocycles. The molecule has 1 rings (SSSR count). The molecule has 3 heteroatoms. The number of carbonyl (C=O) groups is 1. The number of aliphatic hydroxyl groups is 1. The van der Waals surface area contributed by atoms with Gasteiger partial charge in [0.25, 0.3) is 0 Å². The van der Waals surface area contributed by atoms with Crippen LogP contribution in [0.15, 0.2) is 0 Å². The van der Waals surface area contributed by atoms with Crippen molar-refractivity contribution in [3.8, 4) is 0 Å². The predicted octanol–water partition coefficient (Wildman–Crippen LogP) is 4.28. The Balaban J connectivity index is 2.19. The van der Waals surface area contributed by atoms with E-state index in [4.69, 9.17) is 0 Å². The van der Waals surface area contributed by atoms with Crippen LogP contribution in [0.25, 0.3) is 0 Å². The summed E-state index contributed by atoms with van der Waals surface area (Å²) in [6.07, 6.45) is 15.4. The lowest BCUT2D eigenvalue weighted by atomic mass is 9.94. The number of nitrogens with zero attached hydrogens (tertiary/aromatic N) is 1. The minimum absolute atomic E-state index is 0.0965. The molecule has 1 N–H and O–H groups in total. The minimum Gasteiger partial charge on any atom is -0.395 e. The lowest BCUT2D eigenvalue weighted by molar-refractivity contribution is -0.135. The second kappa shape index (κ2) is 12.0. The minimum atomic E-state index is 0.0965. The molecule has 21 heavy (non-hydrogen) atoms. The number of aliphatic hydroxyl groups excluding tert-OH is 1. The van der Waals surface area contributed by atoms with E-state index >= 15 is 0 Å². The molecule has 0 heterocycles. The van der Waals surface area contributed by atoms with Crippen LogP contribution in [0.5, 0.6) is 0 Å². The van der Waals surface area contributed by atoms with Crippen LogP contribution in [-0.2, 0) is 4.79 Å². The molecule has 1 aliphatic rings. The average molecular weight is 297 g/mol. The van der Waals surface area contributed by atoms with E-state index in [2.05, 4.69) is 6.92 Å². The van der Waals surface area contributed by atoms with Crippen LogP contribution in [0.3, 0.4) is 0 Å². The van der Waals surface area contributed by atoms with Crippen molar-refractivity contribution in [1.82, 2.24) is 4.90 Å². The van der Waals surface area contributed by atoms with Gasteiger partial charge in [-0.3, -0.25) is 4.79 Å². The summed E-state index contributed by atoms with van der Waals surface area (Å²) in [5, 5.41) is 9.21. The van der Waals surface area contributed by atoms with Crippen LogP contribution in [-0.4, -0.2) is 35.1 Å². The molecule has 0 aliphatic heterocycles. The molecule has 0 aromatic rings. The van der Waals surface area contributed by atoms with Crippen LogP contribution in [0.2, 0.25) is 0 Å². The fraction of sp³-hybridized carbons (Fsp3) is 0.944. The Kier molecular flexibility index (Phi) is 10.6. The fourth-order valence-electron chi connectivity index (χ4n) is 3.39. The topological polar surface area (TPSA) is 40.5 Å². The summed E-state index contributed by atoms with van der Waals surface area (Å²) in [5.74, 6) is 0.268. The molecule has 0 unspecified atom stereocenters. The number of unbranched alkanes of at least 4 members (excludes halogenated alkanes) is 6. The van der Waals surface area contributed by atoms with Gasteiger partial charge in [0.15, 0.2) is 0 Å².